The van der Waals surface area contributed by atoms with Gasteiger partial charge in [0.15, 0.2) is 0 Å². The molecule has 7 nitrogen and oxygen atoms in total. The first kappa shape index (κ1) is 20.7. The van der Waals surface area contributed by atoms with E-state index in [1.165, 1.54) is 14.0 Å². The number of amides is 1. The van der Waals surface area contributed by atoms with Gasteiger partial charge in [-0.25, -0.2) is 0 Å². The number of carbonyl (C=O) groups excluding carboxylic acids is 2. The molecule has 0 radical (unpaired) electrons. The summed E-state index contributed by atoms with van der Waals surface area (Å²) in [5, 5.41) is 12.1. The summed E-state index contributed by atoms with van der Waals surface area (Å²) in [6, 6.07) is -0.666. The highest BCUT2D eigenvalue weighted by Gasteiger charge is 2.41. The van der Waals surface area contributed by atoms with Crippen molar-refractivity contribution in [3.05, 3.63) is 0 Å². The minimum absolute atomic E-state index is 0. The molecule has 1 fully saturated rings. The van der Waals surface area contributed by atoms with E-state index in [-0.39, 0.29) is 36.6 Å². The predicted molar refractivity (Wildman–Crippen MR) is 82.8 cm³/mol. The smallest absolute Gasteiger partial charge is 0.320 e. The lowest BCUT2D eigenvalue weighted by Gasteiger charge is -2.26. The highest BCUT2D eigenvalue weighted by molar-refractivity contribution is 5.85. The van der Waals surface area contributed by atoms with E-state index in [0.29, 0.717) is 19.6 Å². The fourth-order valence-corrected chi connectivity index (χ4v) is 2.66. The van der Waals surface area contributed by atoms with Crippen LogP contribution in [0, 0.1) is 11.8 Å². The molecule has 1 amide bonds. The Labute approximate surface area is 136 Å². The summed E-state index contributed by atoms with van der Waals surface area (Å²) >= 11 is 0. The van der Waals surface area contributed by atoms with Crippen LogP contribution in [0.2, 0.25) is 0 Å². The minimum Gasteiger partial charge on any atom is -0.480 e. The van der Waals surface area contributed by atoms with Crippen LogP contribution in [0.5, 0.6) is 0 Å². The predicted octanol–water partition coefficient (Wildman–Crippen LogP) is 0.519. The molecule has 0 aromatic rings. The van der Waals surface area contributed by atoms with Gasteiger partial charge in [0.25, 0.3) is 0 Å². The third-order valence-corrected chi connectivity index (χ3v) is 3.93. The first-order valence-corrected chi connectivity index (χ1v) is 7.18. The van der Waals surface area contributed by atoms with E-state index < -0.39 is 17.9 Å². The Hall–Kier alpha value is -1.34. The Kier molecular flexibility index (Phi) is 9.04. The normalized spacial score (nSPS) is 22.5. The number of nitrogens with one attached hydrogen (secondary N) is 1. The van der Waals surface area contributed by atoms with E-state index in [1.807, 2.05) is 6.92 Å². The zero-order chi connectivity index (χ0) is 16.0. The molecule has 0 bridgehead atoms. The summed E-state index contributed by atoms with van der Waals surface area (Å²) in [6.45, 7) is 4.89. The van der Waals surface area contributed by atoms with Gasteiger partial charge in [-0.3, -0.25) is 19.3 Å². The molecule has 1 heterocycles. The van der Waals surface area contributed by atoms with Crippen molar-refractivity contribution in [3.8, 4) is 0 Å². The molecule has 128 valence electrons. The number of hydrogen-bond acceptors (Lipinski definition) is 5. The third kappa shape index (κ3) is 5.81. The van der Waals surface area contributed by atoms with E-state index in [9.17, 15) is 19.5 Å². The minimum atomic E-state index is -0.921. The molecule has 1 saturated heterocycles. The zero-order valence-electron chi connectivity index (χ0n) is 13.2. The SMILES string of the molecule is CCC(CNC(C)=O)CN1C[C@H](C(=O)OC)C[C@@H]1C(=O)O.Cl. The van der Waals surface area contributed by atoms with Crippen molar-refractivity contribution in [2.75, 3.05) is 26.7 Å². The van der Waals surface area contributed by atoms with Crippen molar-refractivity contribution in [2.24, 2.45) is 11.8 Å². The van der Waals surface area contributed by atoms with Crippen LogP contribution in [-0.2, 0) is 19.1 Å². The van der Waals surface area contributed by atoms with Crippen LogP contribution in [0.25, 0.3) is 0 Å². The molecule has 1 rings (SSSR count). The fourth-order valence-electron chi connectivity index (χ4n) is 2.66. The van der Waals surface area contributed by atoms with E-state index in [2.05, 4.69) is 5.32 Å². The number of carboxylic acids is 1. The second-order valence-corrected chi connectivity index (χ2v) is 5.48. The highest BCUT2D eigenvalue weighted by atomic mass is 35.5. The maximum atomic E-state index is 11.6. The summed E-state index contributed by atoms with van der Waals surface area (Å²) in [4.78, 5) is 35.7. The molecule has 0 aromatic carbocycles. The molecule has 0 aromatic heterocycles. The van der Waals surface area contributed by atoms with Crippen molar-refractivity contribution in [1.29, 1.82) is 0 Å². The first-order valence-electron chi connectivity index (χ1n) is 7.18. The van der Waals surface area contributed by atoms with Crippen molar-refractivity contribution >= 4 is 30.3 Å². The summed E-state index contributed by atoms with van der Waals surface area (Å²) in [5.41, 5.74) is 0. The summed E-state index contributed by atoms with van der Waals surface area (Å²) in [7, 11) is 1.31. The Morgan fingerprint density at radius 1 is 1.41 bits per heavy atom. The lowest BCUT2D eigenvalue weighted by atomic mass is 10.1. The second kappa shape index (κ2) is 9.63. The van der Waals surface area contributed by atoms with Crippen LogP contribution in [0.15, 0.2) is 0 Å². The number of halogens is 1. The fraction of sp³-hybridized carbons (Fsp3) is 0.786. The summed E-state index contributed by atoms with van der Waals surface area (Å²) < 4.78 is 4.71. The standard InChI is InChI=1S/C14H24N2O5.ClH/c1-4-10(6-15-9(2)17)7-16-8-11(14(20)21-3)5-12(16)13(18)19;/h10-12H,4-8H2,1-3H3,(H,15,17)(H,18,19);1H/t10?,11-,12-;/m1./s1. The van der Waals surface area contributed by atoms with Crippen LogP contribution in [-0.4, -0.2) is 60.6 Å². The van der Waals surface area contributed by atoms with Gasteiger partial charge in [0.1, 0.15) is 6.04 Å². The quantitative estimate of drug-likeness (QED) is 0.658. The Morgan fingerprint density at radius 2 is 2.05 bits per heavy atom. The van der Waals surface area contributed by atoms with Gasteiger partial charge in [0, 0.05) is 26.6 Å². The highest BCUT2D eigenvalue weighted by Crippen LogP contribution is 2.26. The average molecular weight is 337 g/mol. The first-order chi connectivity index (χ1) is 9.88. The Balaban J connectivity index is 0.00000441. The molecule has 0 spiro atoms. The van der Waals surface area contributed by atoms with Crippen molar-refractivity contribution in [2.45, 2.75) is 32.7 Å². The molecule has 1 unspecified atom stereocenters. The van der Waals surface area contributed by atoms with E-state index in [0.717, 1.165) is 6.42 Å². The van der Waals surface area contributed by atoms with Gasteiger partial charge in [-0.05, 0) is 12.3 Å². The van der Waals surface area contributed by atoms with Gasteiger partial charge in [-0.15, -0.1) is 12.4 Å². The largest absolute Gasteiger partial charge is 0.480 e. The number of carbonyl (C=O) groups is 3. The Morgan fingerprint density at radius 3 is 2.50 bits per heavy atom. The number of rotatable bonds is 7. The molecular formula is C14H25ClN2O5. The molecule has 3 atom stereocenters. The van der Waals surface area contributed by atoms with Gasteiger partial charge in [-0.2, -0.15) is 0 Å². The van der Waals surface area contributed by atoms with Gasteiger partial charge < -0.3 is 15.2 Å². The molecule has 0 aliphatic carbocycles. The second-order valence-electron chi connectivity index (χ2n) is 5.48. The Bertz CT molecular complexity index is 405. The molecule has 0 saturated carbocycles. The molecule has 22 heavy (non-hydrogen) atoms. The van der Waals surface area contributed by atoms with Crippen LogP contribution in [0.3, 0.4) is 0 Å². The van der Waals surface area contributed by atoms with Crippen molar-refractivity contribution < 1.29 is 24.2 Å². The zero-order valence-corrected chi connectivity index (χ0v) is 14.0. The van der Waals surface area contributed by atoms with Gasteiger partial charge in [0.05, 0.1) is 13.0 Å². The third-order valence-electron chi connectivity index (χ3n) is 3.93. The lowest BCUT2D eigenvalue weighted by molar-refractivity contribution is -0.145. The number of carboxylic acid groups (broad SMARTS) is 1. The average Bonchev–Trinajstić information content (AvgIpc) is 2.86. The van der Waals surface area contributed by atoms with Gasteiger partial charge >= 0.3 is 11.9 Å². The monoisotopic (exact) mass is 336 g/mol. The lowest BCUT2D eigenvalue weighted by Crippen LogP contribution is -2.41. The number of esters is 1. The number of aliphatic carboxylic acids is 1. The molecule has 1 aliphatic rings. The number of methoxy groups -OCH3 is 1. The molecule has 2 N–H and O–H groups in total. The van der Waals surface area contributed by atoms with Crippen LogP contribution < -0.4 is 5.32 Å². The summed E-state index contributed by atoms with van der Waals surface area (Å²) in [6.07, 6.45) is 1.10. The van der Waals surface area contributed by atoms with E-state index in [1.54, 1.807) is 4.90 Å². The number of likely N-dealkylation sites (tertiary alicyclic amines) is 1. The van der Waals surface area contributed by atoms with Crippen LogP contribution in [0.1, 0.15) is 26.7 Å². The topological polar surface area (TPSA) is 95.9 Å². The van der Waals surface area contributed by atoms with E-state index in [4.69, 9.17) is 4.74 Å². The maximum absolute atomic E-state index is 11.6. The number of hydrogen-bond donors (Lipinski definition) is 2. The van der Waals surface area contributed by atoms with Crippen molar-refractivity contribution in [3.63, 3.8) is 0 Å². The summed E-state index contributed by atoms with van der Waals surface area (Å²) in [5.74, 6) is -1.62. The van der Waals surface area contributed by atoms with Crippen LogP contribution >= 0.6 is 12.4 Å². The van der Waals surface area contributed by atoms with Gasteiger partial charge in [0.2, 0.25) is 5.91 Å². The number of ether oxygens (including phenoxy) is 1. The molecular weight excluding hydrogens is 312 g/mol. The number of nitrogens with zero attached hydrogens (tertiary/aromatic N) is 1. The van der Waals surface area contributed by atoms with E-state index >= 15 is 0 Å². The van der Waals surface area contributed by atoms with Crippen molar-refractivity contribution in [1.82, 2.24) is 10.2 Å². The molecule has 8 heteroatoms. The van der Waals surface area contributed by atoms with Crippen LogP contribution in [0.4, 0.5) is 0 Å². The maximum Gasteiger partial charge on any atom is 0.320 e. The van der Waals surface area contributed by atoms with Gasteiger partial charge in [-0.1, -0.05) is 13.3 Å². The molecule has 1 aliphatic heterocycles.